The van der Waals surface area contributed by atoms with Crippen LogP contribution in [0.2, 0.25) is 10.0 Å². The van der Waals surface area contributed by atoms with E-state index in [0.717, 1.165) is 41.4 Å². The number of piperazine rings is 1. The number of benzene rings is 2. The van der Waals surface area contributed by atoms with Gasteiger partial charge < -0.3 is 9.64 Å². The van der Waals surface area contributed by atoms with E-state index in [1.807, 2.05) is 64.9 Å². The molecule has 1 aromatic heterocycles. The standard InChI is InChI=1S/C23H22Cl2N2O2S/c24-20-7-6-17(12-21(20)25)14-26-8-10-27(11-9-26)23(28)22-13-18(16-30-22)15-29-19-4-2-1-3-5-19/h1-7,12-13,16H,8-11,14-15H2. The Morgan fingerprint density at radius 3 is 2.43 bits per heavy atom. The van der Waals surface area contributed by atoms with Crippen molar-refractivity contribution in [1.29, 1.82) is 0 Å². The predicted molar refractivity (Wildman–Crippen MR) is 123 cm³/mol. The highest BCUT2D eigenvalue weighted by Crippen LogP contribution is 2.24. The normalized spacial score (nSPS) is 14.7. The molecule has 0 atom stereocenters. The van der Waals surface area contributed by atoms with Crippen molar-refractivity contribution in [2.45, 2.75) is 13.2 Å². The van der Waals surface area contributed by atoms with Crippen LogP contribution in [0.15, 0.2) is 60.0 Å². The number of thiophene rings is 1. The third-order valence-electron chi connectivity index (χ3n) is 5.06. The second-order valence-corrected chi connectivity index (χ2v) is 8.96. The number of ether oxygens (including phenoxy) is 1. The quantitative estimate of drug-likeness (QED) is 0.480. The van der Waals surface area contributed by atoms with Crippen LogP contribution in [0.1, 0.15) is 20.8 Å². The van der Waals surface area contributed by atoms with Crippen molar-refractivity contribution in [3.05, 3.63) is 86.0 Å². The molecule has 30 heavy (non-hydrogen) atoms. The zero-order valence-electron chi connectivity index (χ0n) is 16.4. The minimum Gasteiger partial charge on any atom is -0.489 e. The summed E-state index contributed by atoms with van der Waals surface area (Å²) in [5.74, 6) is 0.926. The number of amides is 1. The molecule has 156 valence electrons. The second kappa shape index (κ2) is 9.84. The summed E-state index contributed by atoms with van der Waals surface area (Å²) in [7, 11) is 0. The average Bonchev–Trinajstić information content (AvgIpc) is 3.25. The molecule has 7 heteroatoms. The Labute approximate surface area is 190 Å². The third kappa shape index (κ3) is 5.35. The minimum atomic E-state index is 0.0974. The molecular weight excluding hydrogens is 439 g/mol. The number of para-hydroxylation sites is 1. The number of carbonyl (C=O) groups excluding carboxylic acids is 1. The first-order valence-corrected chi connectivity index (χ1v) is 11.4. The average molecular weight is 461 g/mol. The Balaban J connectivity index is 1.28. The summed E-state index contributed by atoms with van der Waals surface area (Å²) in [6.45, 7) is 4.37. The topological polar surface area (TPSA) is 32.8 Å². The minimum absolute atomic E-state index is 0.0974. The lowest BCUT2D eigenvalue weighted by molar-refractivity contribution is 0.0633. The first-order valence-electron chi connectivity index (χ1n) is 9.79. The van der Waals surface area contributed by atoms with Gasteiger partial charge in [-0.05, 0) is 41.3 Å². The smallest absolute Gasteiger partial charge is 0.264 e. The Hall–Kier alpha value is -2.05. The van der Waals surface area contributed by atoms with Crippen LogP contribution in [0.3, 0.4) is 0 Å². The van der Waals surface area contributed by atoms with Crippen molar-refractivity contribution in [2.75, 3.05) is 26.2 Å². The van der Waals surface area contributed by atoms with Gasteiger partial charge in [0, 0.05) is 38.3 Å². The van der Waals surface area contributed by atoms with Crippen LogP contribution < -0.4 is 4.74 Å². The fraction of sp³-hybridized carbons (Fsp3) is 0.261. The van der Waals surface area contributed by atoms with Crippen LogP contribution in [0.25, 0.3) is 0 Å². The lowest BCUT2D eigenvalue weighted by atomic mass is 10.2. The van der Waals surface area contributed by atoms with Crippen LogP contribution in [-0.2, 0) is 13.2 Å². The molecule has 1 aliphatic rings. The van der Waals surface area contributed by atoms with E-state index < -0.39 is 0 Å². The highest BCUT2D eigenvalue weighted by Gasteiger charge is 2.23. The molecule has 4 rings (SSSR count). The maximum Gasteiger partial charge on any atom is 0.264 e. The molecule has 1 amide bonds. The van der Waals surface area contributed by atoms with Crippen LogP contribution >= 0.6 is 34.5 Å². The summed E-state index contributed by atoms with van der Waals surface area (Å²) in [4.78, 5) is 17.9. The van der Waals surface area contributed by atoms with Crippen molar-refractivity contribution in [3.63, 3.8) is 0 Å². The number of hydrogen-bond acceptors (Lipinski definition) is 4. The first-order chi connectivity index (χ1) is 14.6. The molecule has 0 bridgehead atoms. The van der Waals surface area contributed by atoms with Crippen LogP contribution in [-0.4, -0.2) is 41.9 Å². The van der Waals surface area contributed by atoms with E-state index in [2.05, 4.69) is 4.90 Å². The van der Waals surface area contributed by atoms with Crippen molar-refractivity contribution < 1.29 is 9.53 Å². The van der Waals surface area contributed by atoms with Crippen LogP contribution in [0.5, 0.6) is 5.75 Å². The fourth-order valence-corrected chi connectivity index (χ4v) is 4.59. The van der Waals surface area contributed by atoms with Gasteiger partial charge in [0.15, 0.2) is 0 Å². The molecule has 4 nitrogen and oxygen atoms in total. The zero-order valence-corrected chi connectivity index (χ0v) is 18.7. The fourth-order valence-electron chi connectivity index (χ4n) is 3.41. The van der Waals surface area contributed by atoms with E-state index >= 15 is 0 Å². The molecule has 0 unspecified atom stereocenters. The highest BCUT2D eigenvalue weighted by atomic mass is 35.5. The van der Waals surface area contributed by atoms with Gasteiger partial charge in [-0.2, -0.15) is 0 Å². The van der Waals surface area contributed by atoms with Crippen molar-refractivity contribution in [1.82, 2.24) is 9.80 Å². The van der Waals surface area contributed by atoms with E-state index in [-0.39, 0.29) is 5.91 Å². The molecule has 1 fully saturated rings. The number of hydrogen-bond donors (Lipinski definition) is 0. The van der Waals surface area contributed by atoms with E-state index in [1.54, 1.807) is 0 Å². The molecule has 2 heterocycles. The van der Waals surface area contributed by atoms with Gasteiger partial charge in [0.2, 0.25) is 0 Å². The van der Waals surface area contributed by atoms with E-state index in [4.69, 9.17) is 27.9 Å². The molecule has 3 aromatic rings. The number of halogens is 2. The lowest BCUT2D eigenvalue weighted by Gasteiger charge is -2.34. The van der Waals surface area contributed by atoms with Gasteiger partial charge >= 0.3 is 0 Å². The van der Waals surface area contributed by atoms with Crippen molar-refractivity contribution >= 4 is 40.4 Å². The molecule has 0 aliphatic carbocycles. The second-order valence-electron chi connectivity index (χ2n) is 7.24. The van der Waals surface area contributed by atoms with Gasteiger partial charge in [-0.15, -0.1) is 11.3 Å². The molecule has 0 N–H and O–H groups in total. The maximum atomic E-state index is 12.9. The molecular formula is C23H22Cl2N2O2S. The first kappa shape index (κ1) is 21.2. The molecule has 2 aromatic carbocycles. The van der Waals surface area contributed by atoms with Crippen LogP contribution in [0.4, 0.5) is 0 Å². The molecule has 1 aliphatic heterocycles. The summed E-state index contributed by atoms with van der Waals surface area (Å²) in [5.41, 5.74) is 2.15. The Bertz CT molecular complexity index is 1000. The largest absolute Gasteiger partial charge is 0.489 e. The Morgan fingerprint density at radius 2 is 1.70 bits per heavy atom. The molecule has 0 spiro atoms. The van der Waals surface area contributed by atoms with Gasteiger partial charge in [0.05, 0.1) is 14.9 Å². The summed E-state index contributed by atoms with van der Waals surface area (Å²) in [5, 5.41) is 3.14. The summed E-state index contributed by atoms with van der Waals surface area (Å²) in [6.07, 6.45) is 0. The van der Waals surface area contributed by atoms with E-state index in [1.165, 1.54) is 11.3 Å². The van der Waals surface area contributed by atoms with E-state index in [0.29, 0.717) is 29.7 Å². The lowest BCUT2D eigenvalue weighted by Crippen LogP contribution is -2.48. The van der Waals surface area contributed by atoms with Gasteiger partial charge in [-0.3, -0.25) is 9.69 Å². The summed E-state index contributed by atoms with van der Waals surface area (Å²) < 4.78 is 5.77. The van der Waals surface area contributed by atoms with Gasteiger partial charge in [0.1, 0.15) is 12.4 Å². The summed E-state index contributed by atoms with van der Waals surface area (Å²) >= 11 is 13.6. The number of rotatable bonds is 6. The summed E-state index contributed by atoms with van der Waals surface area (Å²) in [6, 6.07) is 17.4. The SMILES string of the molecule is O=C(c1cc(COc2ccccc2)cs1)N1CCN(Cc2ccc(Cl)c(Cl)c2)CC1. The third-order valence-corrected chi connectivity index (χ3v) is 6.77. The molecule has 0 radical (unpaired) electrons. The maximum absolute atomic E-state index is 12.9. The van der Waals surface area contributed by atoms with Crippen molar-refractivity contribution in [2.24, 2.45) is 0 Å². The molecule has 0 saturated carbocycles. The Morgan fingerprint density at radius 1 is 0.933 bits per heavy atom. The van der Waals surface area contributed by atoms with Crippen molar-refractivity contribution in [3.8, 4) is 5.75 Å². The van der Waals surface area contributed by atoms with Gasteiger partial charge in [0.25, 0.3) is 5.91 Å². The monoisotopic (exact) mass is 460 g/mol. The van der Waals surface area contributed by atoms with E-state index in [9.17, 15) is 4.79 Å². The van der Waals surface area contributed by atoms with Crippen LogP contribution in [0, 0.1) is 0 Å². The zero-order chi connectivity index (χ0) is 20.9. The van der Waals surface area contributed by atoms with Gasteiger partial charge in [-0.1, -0.05) is 47.5 Å². The number of nitrogens with zero attached hydrogens (tertiary/aromatic N) is 2. The highest BCUT2D eigenvalue weighted by molar-refractivity contribution is 7.12. The Kier molecular flexibility index (Phi) is 6.95. The number of carbonyl (C=O) groups is 1. The van der Waals surface area contributed by atoms with Gasteiger partial charge in [-0.25, -0.2) is 0 Å². The molecule has 1 saturated heterocycles. The predicted octanol–water partition coefficient (Wildman–Crippen LogP) is 5.59.